The van der Waals surface area contributed by atoms with E-state index in [9.17, 15) is 14.0 Å². The van der Waals surface area contributed by atoms with E-state index in [0.29, 0.717) is 26.9 Å². The lowest BCUT2D eigenvalue weighted by molar-refractivity contribution is -0.121. The Morgan fingerprint density at radius 1 is 1.06 bits per heavy atom. The zero-order valence-electron chi connectivity index (χ0n) is 17.9. The van der Waals surface area contributed by atoms with Gasteiger partial charge in [0.15, 0.2) is 0 Å². The standard InChI is InChI=1S/C26H23Cl2FN2O2/c1-15-5-7-19(29)11-20(15)23-13-31-25(33)12-22(16-3-2-4-17(27)9-16)26(23,14-32)21-8-6-18(28)10-24(21)30/h2-11,14,22-23H,12-13,30H2,1H3,(H,31,33)/t22-,23+,26+/m1/s1. The van der Waals surface area contributed by atoms with Crippen LogP contribution in [0, 0.1) is 12.7 Å². The summed E-state index contributed by atoms with van der Waals surface area (Å²) in [7, 11) is 0. The molecule has 33 heavy (non-hydrogen) atoms. The van der Waals surface area contributed by atoms with E-state index in [1.54, 1.807) is 42.5 Å². The molecule has 170 valence electrons. The van der Waals surface area contributed by atoms with E-state index in [1.807, 2.05) is 13.0 Å². The lowest BCUT2D eigenvalue weighted by Gasteiger charge is -2.42. The molecule has 0 saturated carbocycles. The summed E-state index contributed by atoms with van der Waals surface area (Å²) in [4.78, 5) is 26.1. The average Bonchev–Trinajstić information content (AvgIpc) is 2.92. The van der Waals surface area contributed by atoms with E-state index in [1.165, 1.54) is 12.1 Å². The SMILES string of the molecule is Cc1ccc(F)cc1[C@@H]1CNC(=O)C[C@H](c2cccc(Cl)c2)[C@]1(C=O)c1ccc(Cl)cc1N. The number of anilines is 1. The second-order valence-corrected chi connectivity index (χ2v) is 9.32. The van der Waals surface area contributed by atoms with Gasteiger partial charge in [0.05, 0.1) is 5.41 Å². The topological polar surface area (TPSA) is 72.2 Å². The molecule has 1 heterocycles. The third kappa shape index (κ3) is 4.23. The molecule has 0 aromatic heterocycles. The van der Waals surface area contributed by atoms with Gasteiger partial charge < -0.3 is 15.8 Å². The molecule has 0 unspecified atom stereocenters. The quantitative estimate of drug-likeness (QED) is 0.376. The second kappa shape index (κ2) is 9.16. The molecule has 3 atom stereocenters. The second-order valence-electron chi connectivity index (χ2n) is 8.45. The molecule has 3 aromatic rings. The summed E-state index contributed by atoms with van der Waals surface area (Å²) in [5.41, 5.74) is 8.16. The average molecular weight is 485 g/mol. The van der Waals surface area contributed by atoms with Crippen molar-refractivity contribution in [3.63, 3.8) is 0 Å². The fraction of sp³-hybridized carbons (Fsp3) is 0.231. The number of benzene rings is 3. The van der Waals surface area contributed by atoms with E-state index in [2.05, 4.69) is 5.32 Å². The molecule has 3 N–H and O–H groups in total. The summed E-state index contributed by atoms with van der Waals surface area (Å²) >= 11 is 12.5. The van der Waals surface area contributed by atoms with Crippen molar-refractivity contribution in [1.82, 2.24) is 5.32 Å². The molecule has 0 radical (unpaired) electrons. The smallest absolute Gasteiger partial charge is 0.220 e. The van der Waals surface area contributed by atoms with E-state index in [0.717, 1.165) is 17.4 Å². The maximum atomic E-state index is 14.4. The fourth-order valence-corrected chi connectivity index (χ4v) is 5.44. The first-order valence-corrected chi connectivity index (χ1v) is 11.3. The molecule has 0 aliphatic carbocycles. The van der Waals surface area contributed by atoms with E-state index in [4.69, 9.17) is 28.9 Å². The van der Waals surface area contributed by atoms with Crippen LogP contribution in [-0.4, -0.2) is 18.7 Å². The van der Waals surface area contributed by atoms with Crippen molar-refractivity contribution >= 4 is 41.1 Å². The Balaban J connectivity index is 2.08. The van der Waals surface area contributed by atoms with Crippen LogP contribution in [0.5, 0.6) is 0 Å². The number of hydrogen-bond acceptors (Lipinski definition) is 3. The van der Waals surface area contributed by atoms with Gasteiger partial charge in [-0.05, 0) is 65.6 Å². The third-order valence-corrected chi connectivity index (χ3v) is 7.06. The van der Waals surface area contributed by atoms with Crippen LogP contribution in [0.1, 0.15) is 40.5 Å². The van der Waals surface area contributed by atoms with Gasteiger partial charge in [0.1, 0.15) is 12.1 Å². The highest BCUT2D eigenvalue weighted by atomic mass is 35.5. The molecule has 0 bridgehead atoms. The number of nitrogens with two attached hydrogens (primary N) is 1. The van der Waals surface area contributed by atoms with E-state index < -0.39 is 23.1 Å². The van der Waals surface area contributed by atoms with E-state index >= 15 is 0 Å². The Kier molecular flexibility index (Phi) is 6.46. The van der Waals surface area contributed by atoms with Crippen molar-refractivity contribution in [2.24, 2.45) is 0 Å². The number of aldehydes is 1. The maximum absolute atomic E-state index is 14.4. The minimum absolute atomic E-state index is 0.0337. The van der Waals surface area contributed by atoms with Crippen molar-refractivity contribution < 1.29 is 14.0 Å². The molecule has 0 spiro atoms. The molecule has 7 heteroatoms. The van der Waals surface area contributed by atoms with Gasteiger partial charge in [0.25, 0.3) is 0 Å². The molecule has 1 amide bonds. The predicted molar refractivity (Wildman–Crippen MR) is 129 cm³/mol. The largest absolute Gasteiger partial charge is 0.398 e. The Labute approximate surface area is 201 Å². The minimum Gasteiger partial charge on any atom is -0.398 e. The van der Waals surface area contributed by atoms with Crippen molar-refractivity contribution in [1.29, 1.82) is 0 Å². The van der Waals surface area contributed by atoms with Gasteiger partial charge in [-0.2, -0.15) is 0 Å². The highest BCUT2D eigenvalue weighted by molar-refractivity contribution is 6.31. The Bertz CT molecular complexity index is 1230. The fourth-order valence-electron chi connectivity index (χ4n) is 5.06. The van der Waals surface area contributed by atoms with Crippen LogP contribution in [0.3, 0.4) is 0 Å². The van der Waals surface area contributed by atoms with Crippen molar-refractivity contribution in [2.75, 3.05) is 12.3 Å². The molecule has 1 saturated heterocycles. The number of aryl methyl sites for hydroxylation is 1. The van der Waals surface area contributed by atoms with Crippen LogP contribution in [0.25, 0.3) is 0 Å². The van der Waals surface area contributed by atoms with Gasteiger partial charge in [0, 0.05) is 40.5 Å². The van der Waals surface area contributed by atoms with Crippen molar-refractivity contribution in [2.45, 2.75) is 30.6 Å². The van der Waals surface area contributed by atoms with E-state index in [-0.39, 0.29) is 18.9 Å². The van der Waals surface area contributed by atoms with Crippen LogP contribution in [0.2, 0.25) is 10.0 Å². The number of halogens is 3. The molecule has 3 aromatic carbocycles. The molecular weight excluding hydrogens is 462 g/mol. The summed E-state index contributed by atoms with van der Waals surface area (Å²) in [6.45, 7) is 2.00. The zero-order chi connectivity index (χ0) is 23.8. The molecule has 4 nitrogen and oxygen atoms in total. The van der Waals surface area contributed by atoms with Gasteiger partial charge in [0.2, 0.25) is 5.91 Å². The van der Waals surface area contributed by atoms with Crippen LogP contribution in [-0.2, 0) is 15.0 Å². The maximum Gasteiger partial charge on any atom is 0.220 e. The van der Waals surface area contributed by atoms with Crippen LogP contribution < -0.4 is 11.1 Å². The van der Waals surface area contributed by atoms with Crippen molar-refractivity contribution in [3.05, 3.63) is 98.8 Å². The molecule has 1 fully saturated rings. The molecule has 4 rings (SSSR count). The minimum atomic E-state index is -1.29. The van der Waals surface area contributed by atoms with Crippen LogP contribution in [0.15, 0.2) is 60.7 Å². The van der Waals surface area contributed by atoms with Gasteiger partial charge in [-0.15, -0.1) is 0 Å². The van der Waals surface area contributed by atoms with Gasteiger partial charge in [-0.25, -0.2) is 4.39 Å². The van der Waals surface area contributed by atoms with Crippen molar-refractivity contribution in [3.8, 4) is 0 Å². The van der Waals surface area contributed by atoms with Gasteiger partial charge in [-0.3, -0.25) is 4.79 Å². The monoisotopic (exact) mass is 484 g/mol. The summed E-state index contributed by atoms with van der Waals surface area (Å²) in [6, 6.07) is 16.6. The van der Waals surface area contributed by atoms with Crippen LogP contribution >= 0.6 is 23.2 Å². The summed E-state index contributed by atoms with van der Waals surface area (Å²) in [5, 5.41) is 3.84. The first-order valence-electron chi connectivity index (χ1n) is 10.6. The third-order valence-electron chi connectivity index (χ3n) is 6.59. The zero-order valence-corrected chi connectivity index (χ0v) is 19.5. The van der Waals surface area contributed by atoms with Crippen LogP contribution in [0.4, 0.5) is 10.1 Å². The number of nitrogen functional groups attached to an aromatic ring is 1. The summed E-state index contributed by atoms with van der Waals surface area (Å²) < 4.78 is 14.4. The number of nitrogens with one attached hydrogen (secondary N) is 1. The predicted octanol–water partition coefficient (Wildman–Crippen LogP) is 5.55. The molecular formula is C26H23Cl2FN2O2. The lowest BCUT2D eigenvalue weighted by Crippen LogP contribution is -2.43. The number of rotatable bonds is 4. The van der Waals surface area contributed by atoms with Gasteiger partial charge in [-0.1, -0.05) is 47.5 Å². The Hall–Kier alpha value is -2.89. The number of amides is 1. The van der Waals surface area contributed by atoms with Gasteiger partial charge >= 0.3 is 0 Å². The highest BCUT2D eigenvalue weighted by Gasteiger charge is 2.52. The summed E-state index contributed by atoms with van der Waals surface area (Å²) in [6.07, 6.45) is 0.888. The normalized spacial score (nSPS) is 23.0. The Morgan fingerprint density at radius 2 is 1.82 bits per heavy atom. The highest BCUT2D eigenvalue weighted by Crippen LogP contribution is 2.53. The number of carbonyl (C=O) groups is 2. The Morgan fingerprint density at radius 3 is 2.52 bits per heavy atom. The lowest BCUT2D eigenvalue weighted by atomic mass is 9.58. The number of carbonyl (C=O) groups excluding carboxylic acids is 2. The summed E-state index contributed by atoms with van der Waals surface area (Å²) in [5.74, 6) is -1.83. The first kappa shape index (κ1) is 23.3. The molecule has 1 aliphatic heterocycles. The molecule has 1 aliphatic rings. The number of hydrogen-bond donors (Lipinski definition) is 2. The first-order chi connectivity index (χ1) is 15.8.